The number of nitrogens with one attached hydrogen (secondary N) is 3. The van der Waals surface area contributed by atoms with E-state index in [1.807, 2.05) is 4.98 Å². The molecule has 3 N–H and O–H groups in total. The topological polar surface area (TPSA) is 151 Å². The van der Waals surface area contributed by atoms with Crippen LogP contribution in [0.1, 0.15) is 10.5 Å². The van der Waals surface area contributed by atoms with Gasteiger partial charge < -0.3 is 10.3 Å². The van der Waals surface area contributed by atoms with Gasteiger partial charge in [-0.15, -0.1) is 0 Å². The lowest BCUT2D eigenvalue weighted by molar-refractivity contribution is 0.102. The summed E-state index contributed by atoms with van der Waals surface area (Å²) >= 11 is 0. The molecule has 3 aromatic heterocycles. The Morgan fingerprint density at radius 3 is 2.73 bits per heavy atom. The van der Waals surface area contributed by atoms with Gasteiger partial charge in [0, 0.05) is 12.1 Å². The lowest BCUT2D eigenvalue weighted by Crippen LogP contribution is -2.27. The molecule has 0 saturated carbocycles. The minimum atomic E-state index is -0.774. The predicted octanol–water partition coefficient (Wildman–Crippen LogP) is -1.31. The average Bonchev–Trinajstić information content (AvgIpc) is 3.00. The van der Waals surface area contributed by atoms with Crippen molar-refractivity contribution in [1.29, 1.82) is 0 Å². The fraction of sp³-hybridized carbons (Fsp3) is 0. The molecule has 0 unspecified atom stereocenters. The number of H-pyrrole nitrogens is 2. The summed E-state index contributed by atoms with van der Waals surface area (Å²) in [4.78, 5) is 50.1. The van der Waals surface area contributed by atoms with Gasteiger partial charge in [0.15, 0.2) is 5.82 Å². The molecular formula is C11H8N8O3. The normalized spacial score (nSPS) is 10.4. The van der Waals surface area contributed by atoms with E-state index >= 15 is 0 Å². The minimum absolute atomic E-state index is 0.173. The molecule has 0 aliphatic heterocycles. The standard InChI is InChI=1S/C11H8N8O3/c20-9-1-6(16-11(22)18-9)10(21)17-7-2-8(14-4-13-7)19-5-12-3-15-19/h1-5H,(H,13,14,17,21)(H2,16,18,20,22). The van der Waals surface area contributed by atoms with Gasteiger partial charge in [0.1, 0.15) is 30.5 Å². The van der Waals surface area contributed by atoms with Crippen LogP contribution in [0.3, 0.4) is 0 Å². The summed E-state index contributed by atoms with van der Waals surface area (Å²) in [6.45, 7) is 0. The molecule has 0 bridgehead atoms. The van der Waals surface area contributed by atoms with Crippen molar-refractivity contribution in [3.63, 3.8) is 0 Å². The lowest BCUT2D eigenvalue weighted by Gasteiger charge is -2.05. The SMILES string of the molecule is O=C(Nc1cc(-n2cncn2)ncn1)c1cc(=O)[nH]c(=O)[nH]1. The second kappa shape index (κ2) is 5.40. The Morgan fingerprint density at radius 1 is 1.14 bits per heavy atom. The Bertz CT molecular complexity index is 899. The lowest BCUT2D eigenvalue weighted by atomic mass is 10.3. The number of carbonyl (C=O) groups is 1. The quantitative estimate of drug-likeness (QED) is 0.542. The maximum atomic E-state index is 12.0. The molecule has 0 aliphatic carbocycles. The van der Waals surface area contributed by atoms with Crippen molar-refractivity contribution < 1.29 is 4.79 Å². The second-order valence-electron chi connectivity index (χ2n) is 4.06. The van der Waals surface area contributed by atoms with E-state index in [0.29, 0.717) is 5.82 Å². The van der Waals surface area contributed by atoms with Gasteiger partial charge in [0.05, 0.1) is 0 Å². The molecule has 110 valence electrons. The van der Waals surface area contributed by atoms with Crippen molar-refractivity contribution in [2.24, 2.45) is 0 Å². The highest BCUT2D eigenvalue weighted by atomic mass is 16.2. The van der Waals surface area contributed by atoms with Crippen LogP contribution in [0, 0.1) is 0 Å². The van der Waals surface area contributed by atoms with Crippen molar-refractivity contribution in [1.82, 2.24) is 34.7 Å². The number of amides is 1. The molecule has 3 aromatic rings. The van der Waals surface area contributed by atoms with Crippen LogP contribution >= 0.6 is 0 Å². The molecule has 3 heterocycles. The van der Waals surface area contributed by atoms with E-state index in [4.69, 9.17) is 0 Å². The zero-order valence-corrected chi connectivity index (χ0v) is 10.8. The van der Waals surface area contributed by atoms with Gasteiger partial charge in [-0.2, -0.15) is 5.10 Å². The van der Waals surface area contributed by atoms with Crippen LogP contribution in [0.5, 0.6) is 0 Å². The van der Waals surface area contributed by atoms with Crippen LogP contribution in [0.15, 0.2) is 40.7 Å². The Hall–Kier alpha value is -3.63. The third kappa shape index (κ3) is 2.77. The predicted molar refractivity (Wildman–Crippen MR) is 72.6 cm³/mol. The molecule has 11 heteroatoms. The average molecular weight is 300 g/mol. The van der Waals surface area contributed by atoms with E-state index in [-0.39, 0.29) is 11.5 Å². The minimum Gasteiger partial charge on any atom is -0.305 e. The number of anilines is 1. The van der Waals surface area contributed by atoms with Crippen LogP contribution in [0.4, 0.5) is 5.82 Å². The smallest absolute Gasteiger partial charge is 0.305 e. The number of carbonyl (C=O) groups excluding carboxylic acids is 1. The van der Waals surface area contributed by atoms with Crippen molar-refractivity contribution in [3.8, 4) is 5.82 Å². The molecule has 0 fully saturated rings. The first-order valence-corrected chi connectivity index (χ1v) is 5.94. The molecule has 3 rings (SSSR count). The van der Waals surface area contributed by atoms with Gasteiger partial charge in [0.2, 0.25) is 0 Å². The number of hydrogen-bond acceptors (Lipinski definition) is 7. The first kappa shape index (κ1) is 13.4. The van der Waals surface area contributed by atoms with Crippen LogP contribution in [-0.4, -0.2) is 40.6 Å². The zero-order chi connectivity index (χ0) is 15.5. The number of aromatic nitrogens is 7. The zero-order valence-electron chi connectivity index (χ0n) is 10.8. The number of aromatic amines is 2. The number of nitrogens with zero attached hydrogens (tertiary/aromatic N) is 5. The van der Waals surface area contributed by atoms with Crippen molar-refractivity contribution in [3.05, 3.63) is 57.6 Å². The van der Waals surface area contributed by atoms with Gasteiger partial charge in [-0.25, -0.2) is 24.4 Å². The van der Waals surface area contributed by atoms with Gasteiger partial charge in [-0.05, 0) is 0 Å². The third-order valence-electron chi connectivity index (χ3n) is 2.55. The number of rotatable bonds is 3. The van der Waals surface area contributed by atoms with E-state index in [9.17, 15) is 14.4 Å². The molecule has 0 aliphatic rings. The Labute approximate surface area is 121 Å². The van der Waals surface area contributed by atoms with E-state index in [1.165, 1.54) is 29.7 Å². The molecule has 0 aromatic carbocycles. The molecule has 11 nitrogen and oxygen atoms in total. The van der Waals surface area contributed by atoms with Gasteiger partial charge in [0.25, 0.3) is 11.5 Å². The summed E-state index contributed by atoms with van der Waals surface area (Å²) in [5.74, 6) is -0.125. The van der Waals surface area contributed by atoms with Crippen molar-refractivity contribution in [2.75, 3.05) is 5.32 Å². The summed E-state index contributed by atoms with van der Waals surface area (Å²) in [5, 5.41) is 6.34. The summed E-state index contributed by atoms with van der Waals surface area (Å²) < 4.78 is 1.38. The first-order chi connectivity index (χ1) is 10.6. The van der Waals surface area contributed by atoms with Crippen LogP contribution < -0.4 is 16.6 Å². The molecule has 22 heavy (non-hydrogen) atoms. The largest absolute Gasteiger partial charge is 0.326 e. The molecule has 1 amide bonds. The summed E-state index contributed by atoms with van der Waals surface area (Å²) in [7, 11) is 0. The molecule has 0 atom stereocenters. The van der Waals surface area contributed by atoms with Crippen LogP contribution in [0.2, 0.25) is 0 Å². The van der Waals surface area contributed by atoms with E-state index in [0.717, 1.165) is 6.07 Å². The molecule has 0 saturated heterocycles. The Morgan fingerprint density at radius 2 is 2.00 bits per heavy atom. The van der Waals surface area contributed by atoms with Gasteiger partial charge >= 0.3 is 5.69 Å². The summed E-state index contributed by atoms with van der Waals surface area (Å²) in [6, 6.07) is 2.42. The first-order valence-electron chi connectivity index (χ1n) is 5.94. The summed E-state index contributed by atoms with van der Waals surface area (Å²) in [5.41, 5.74) is -1.64. The van der Waals surface area contributed by atoms with E-state index in [2.05, 4.69) is 30.4 Å². The molecule has 0 spiro atoms. The Balaban J connectivity index is 1.87. The van der Waals surface area contributed by atoms with Crippen LogP contribution in [-0.2, 0) is 0 Å². The maximum Gasteiger partial charge on any atom is 0.326 e. The molecular weight excluding hydrogens is 292 g/mol. The van der Waals surface area contributed by atoms with E-state index < -0.39 is 17.2 Å². The monoisotopic (exact) mass is 300 g/mol. The highest BCUT2D eigenvalue weighted by Gasteiger charge is 2.10. The summed E-state index contributed by atoms with van der Waals surface area (Å²) in [6.07, 6.45) is 4.00. The Kier molecular flexibility index (Phi) is 3.28. The third-order valence-corrected chi connectivity index (χ3v) is 2.55. The van der Waals surface area contributed by atoms with E-state index in [1.54, 1.807) is 0 Å². The van der Waals surface area contributed by atoms with Crippen LogP contribution in [0.25, 0.3) is 5.82 Å². The van der Waals surface area contributed by atoms with Crippen molar-refractivity contribution in [2.45, 2.75) is 0 Å². The molecule has 0 radical (unpaired) electrons. The fourth-order valence-electron chi connectivity index (χ4n) is 1.64. The fourth-order valence-corrected chi connectivity index (χ4v) is 1.64. The maximum absolute atomic E-state index is 12.0. The second-order valence-corrected chi connectivity index (χ2v) is 4.06. The van der Waals surface area contributed by atoms with Gasteiger partial charge in [-0.1, -0.05) is 0 Å². The number of hydrogen-bond donors (Lipinski definition) is 3. The highest BCUT2D eigenvalue weighted by molar-refractivity contribution is 6.02. The van der Waals surface area contributed by atoms with Gasteiger partial charge in [-0.3, -0.25) is 14.6 Å². The highest BCUT2D eigenvalue weighted by Crippen LogP contribution is 2.08. The van der Waals surface area contributed by atoms with Crippen molar-refractivity contribution >= 4 is 11.7 Å².